The van der Waals surface area contributed by atoms with E-state index in [1.54, 1.807) is 0 Å². The van der Waals surface area contributed by atoms with Crippen LogP contribution in [0.1, 0.15) is 22.8 Å². The van der Waals surface area contributed by atoms with Crippen LogP contribution in [0.3, 0.4) is 0 Å². The predicted molar refractivity (Wildman–Crippen MR) is 81.8 cm³/mol. The molecule has 2 rings (SSSR count). The van der Waals surface area contributed by atoms with Gasteiger partial charge in [0.1, 0.15) is 11.6 Å². The number of halogens is 3. The Morgan fingerprint density at radius 3 is 2.22 bits per heavy atom. The lowest BCUT2D eigenvalue weighted by Gasteiger charge is -2.10. The van der Waals surface area contributed by atoms with Crippen LogP contribution in [-0.2, 0) is 16.6 Å². The molecule has 0 aliphatic heterocycles. The van der Waals surface area contributed by atoms with Gasteiger partial charge in [-0.05, 0) is 31.2 Å². The number of nitrogens with one attached hydrogen (secondary N) is 1. The van der Waals surface area contributed by atoms with E-state index >= 15 is 0 Å². The minimum atomic E-state index is -3.96. The lowest BCUT2D eigenvalue weighted by molar-refractivity contribution is 0.101. The molecule has 0 spiro atoms. The highest BCUT2D eigenvalue weighted by atomic mass is 35.5. The van der Waals surface area contributed by atoms with Gasteiger partial charge in [0.15, 0.2) is 5.78 Å². The largest absolute Gasteiger partial charge is 0.295 e. The number of Topliss-reactive ketones (excluding diaryl/α,β-unsaturated/α-hetero) is 1. The third-order valence-corrected chi connectivity index (χ3v) is 4.97. The van der Waals surface area contributed by atoms with Gasteiger partial charge in [0.25, 0.3) is 0 Å². The molecule has 0 aliphatic carbocycles. The van der Waals surface area contributed by atoms with Crippen LogP contribution >= 0.6 is 11.6 Å². The van der Waals surface area contributed by atoms with Gasteiger partial charge in [0, 0.05) is 17.7 Å². The second-order valence-corrected chi connectivity index (χ2v) is 6.87. The molecule has 0 atom stereocenters. The summed E-state index contributed by atoms with van der Waals surface area (Å²) in [5.74, 6) is -1.85. The summed E-state index contributed by atoms with van der Waals surface area (Å²) in [6.45, 7) is 0.857. The van der Waals surface area contributed by atoms with Crippen LogP contribution in [0.25, 0.3) is 0 Å². The molecular weight excluding hydrogens is 348 g/mol. The summed E-state index contributed by atoms with van der Waals surface area (Å²) in [5, 5.41) is -0.473. The maximum absolute atomic E-state index is 13.6. The quantitative estimate of drug-likeness (QED) is 0.658. The summed E-state index contributed by atoms with van der Waals surface area (Å²) in [5.41, 5.74) is 0.0822. The Morgan fingerprint density at radius 2 is 1.65 bits per heavy atom. The van der Waals surface area contributed by atoms with E-state index in [1.807, 2.05) is 0 Å². The zero-order valence-corrected chi connectivity index (χ0v) is 13.5. The Bertz CT molecular complexity index is 852. The molecular formula is C15H12ClF2NO3S. The van der Waals surface area contributed by atoms with E-state index in [-0.39, 0.29) is 16.2 Å². The van der Waals surface area contributed by atoms with E-state index in [0.717, 1.165) is 12.1 Å². The second kappa shape index (κ2) is 6.74. The van der Waals surface area contributed by atoms with E-state index in [9.17, 15) is 22.0 Å². The number of ketones is 1. The normalized spacial score (nSPS) is 11.5. The molecule has 2 aromatic rings. The predicted octanol–water partition coefficient (Wildman–Crippen LogP) is 3.30. The summed E-state index contributed by atoms with van der Waals surface area (Å²) in [6, 6.07) is 6.97. The Hall–Kier alpha value is -1.83. The Morgan fingerprint density at radius 1 is 1.09 bits per heavy atom. The van der Waals surface area contributed by atoms with Crippen molar-refractivity contribution in [1.29, 1.82) is 0 Å². The number of hydrogen-bond donors (Lipinski definition) is 1. The molecule has 0 amide bonds. The molecule has 0 heterocycles. The van der Waals surface area contributed by atoms with Crippen molar-refractivity contribution in [3.63, 3.8) is 0 Å². The number of benzene rings is 2. The topological polar surface area (TPSA) is 63.2 Å². The molecule has 8 heteroatoms. The Labute approximate surface area is 137 Å². The first-order valence-corrected chi connectivity index (χ1v) is 8.31. The molecule has 4 nitrogen and oxygen atoms in total. The fraction of sp³-hybridized carbons (Fsp3) is 0.133. The number of carbonyl (C=O) groups excluding carboxylic acids is 1. The summed E-state index contributed by atoms with van der Waals surface area (Å²) < 4.78 is 53.4. The molecule has 23 heavy (non-hydrogen) atoms. The summed E-state index contributed by atoms with van der Waals surface area (Å²) in [7, 11) is -3.96. The zero-order chi connectivity index (χ0) is 17.2. The lowest BCUT2D eigenvalue weighted by Crippen LogP contribution is -2.24. The summed E-state index contributed by atoms with van der Waals surface area (Å²) in [6.07, 6.45) is 0. The van der Waals surface area contributed by atoms with E-state index in [1.165, 1.54) is 31.2 Å². The SMILES string of the molecule is CC(=O)c1ccc(S(=O)(=O)NCc2c(F)ccc(F)c2Cl)cc1. The minimum absolute atomic E-state index is 0.101. The highest BCUT2D eigenvalue weighted by Gasteiger charge is 2.18. The van der Waals surface area contributed by atoms with Crippen molar-refractivity contribution < 1.29 is 22.0 Å². The van der Waals surface area contributed by atoms with Crippen molar-refractivity contribution in [2.75, 3.05) is 0 Å². The van der Waals surface area contributed by atoms with Crippen molar-refractivity contribution >= 4 is 27.4 Å². The average Bonchev–Trinajstić information content (AvgIpc) is 2.51. The van der Waals surface area contributed by atoms with Gasteiger partial charge < -0.3 is 0 Å². The number of sulfonamides is 1. The molecule has 0 saturated heterocycles. The molecule has 0 radical (unpaired) electrons. The van der Waals surface area contributed by atoms with Crippen molar-refractivity contribution in [3.8, 4) is 0 Å². The molecule has 0 aromatic heterocycles. The highest BCUT2D eigenvalue weighted by molar-refractivity contribution is 7.89. The van der Waals surface area contributed by atoms with Crippen LogP contribution in [0.5, 0.6) is 0 Å². The third kappa shape index (κ3) is 3.93. The maximum atomic E-state index is 13.6. The van der Waals surface area contributed by atoms with Gasteiger partial charge >= 0.3 is 0 Å². The van der Waals surface area contributed by atoms with Crippen LogP contribution in [-0.4, -0.2) is 14.2 Å². The van der Waals surface area contributed by atoms with Gasteiger partial charge in [0.05, 0.1) is 9.92 Å². The smallest absolute Gasteiger partial charge is 0.240 e. The Kier molecular flexibility index (Phi) is 5.13. The maximum Gasteiger partial charge on any atom is 0.240 e. The highest BCUT2D eigenvalue weighted by Crippen LogP contribution is 2.23. The summed E-state index contributed by atoms with van der Waals surface area (Å²) >= 11 is 5.64. The third-order valence-electron chi connectivity index (χ3n) is 3.15. The van der Waals surface area contributed by atoms with Gasteiger partial charge in [-0.15, -0.1) is 0 Å². The first-order chi connectivity index (χ1) is 10.7. The van der Waals surface area contributed by atoms with Crippen LogP contribution in [0.4, 0.5) is 8.78 Å². The van der Waals surface area contributed by atoms with Crippen LogP contribution in [0.2, 0.25) is 5.02 Å². The molecule has 2 aromatic carbocycles. The van der Waals surface area contributed by atoms with Crippen molar-refractivity contribution in [1.82, 2.24) is 4.72 Å². The lowest BCUT2D eigenvalue weighted by atomic mass is 10.2. The first kappa shape index (κ1) is 17.5. The number of hydrogen-bond acceptors (Lipinski definition) is 3. The van der Waals surface area contributed by atoms with Crippen molar-refractivity contribution in [3.05, 3.63) is 64.2 Å². The van der Waals surface area contributed by atoms with E-state index in [4.69, 9.17) is 11.6 Å². The van der Waals surface area contributed by atoms with Crippen molar-refractivity contribution in [2.45, 2.75) is 18.4 Å². The van der Waals surface area contributed by atoms with E-state index in [0.29, 0.717) is 5.56 Å². The van der Waals surface area contributed by atoms with Gasteiger partial charge in [-0.3, -0.25) is 4.79 Å². The average molecular weight is 360 g/mol. The van der Waals surface area contributed by atoms with E-state index < -0.39 is 33.2 Å². The van der Waals surface area contributed by atoms with Gasteiger partial charge in [-0.25, -0.2) is 21.9 Å². The first-order valence-electron chi connectivity index (χ1n) is 6.45. The van der Waals surface area contributed by atoms with Crippen molar-refractivity contribution in [2.24, 2.45) is 0 Å². The molecule has 0 aliphatic rings. The second-order valence-electron chi connectivity index (χ2n) is 4.73. The standard InChI is InChI=1S/C15H12ClF2NO3S/c1-9(20)10-2-4-11(5-3-10)23(21,22)19-8-12-13(17)6-7-14(18)15(12)16/h2-7,19H,8H2,1H3. The molecule has 0 fully saturated rings. The van der Waals surface area contributed by atoms with Crippen LogP contribution in [0.15, 0.2) is 41.3 Å². The van der Waals surface area contributed by atoms with Crippen LogP contribution in [0, 0.1) is 11.6 Å². The van der Waals surface area contributed by atoms with Crippen LogP contribution < -0.4 is 4.72 Å². The Balaban J connectivity index is 2.22. The summed E-state index contributed by atoms with van der Waals surface area (Å²) in [4.78, 5) is 11.1. The zero-order valence-electron chi connectivity index (χ0n) is 11.9. The fourth-order valence-electron chi connectivity index (χ4n) is 1.85. The molecule has 0 saturated carbocycles. The molecule has 0 unspecified atom stereocenters. The number of rotatable bonds is 5. The fourth-order valence-corrected chi connectivity index (χ4v) is 3.07. The molecule has 122 valence electrons. The van der Waals surface area contributed by atoms with E-state index in [2.05, 4.69) is 4.72 Å². The molecule has 1 N–H and O–H groups in total. The van der Waals surface area contributed by atoms with Gasteiger partial charge in [0.2, 0.25) is 10.0 Å². The van der Waals surface area contributed by atoms with Gasteiger partial charge in [-0.1, -0.05) is 23.7 Å². The number of carbonyl (C=O) groups is 1. The monoisotopic (exact) mass is 359 g/mol. The minimum Gasteiger partial charge on any atom is -0.295 e. The van der Waals surface area contributed by atoms with Gasteiger partial charge in [-0.2, -0.15) is 0 Å². The molecule has 0 bridgehead atoms.